The Hall–Kier alpha value is -1.94. The number of aliphatic hydroxyl groups is 1. The fourth-order valence-corrected chi connectivity index (χ4v) is 13.6. The van der Waals surface area contributed by atoms with Gasteiger partial charge < -0.3 is 33.8 Å². The van der Waals surface area contributed by atoms with Gasteiger partial charge in [-0.3, -0.25) is 37.3 Å². The molecule has 0 saturated carbocycles. The number of hydrogen-bond acceptors (Lipinski definition) is 15. The van der Waals surface area contributed by atoms with Crippen molar-refractivity contribution in [2.24, 2.45) is 17.8 Å². The van der Waals surface area contributed by atoms with Crippen molar-refractivity contribution in [3.05, 3.63) is 0 Å². The van der Waals surface area contributed by atoms with Gasteiger partial charge in [0.25, 0.3) is 0 Å². The molecule has 0 saturated heterocycles. The number of aliphatic hydroxyl groups excluding tert-OH is 1. The van der Waals surface area contributed by atoms with Crippen LogP contribution < -0.4 is 0 Å². The summed E-state index contributed by atoms with van der Waals surface area (Å²) >= 11 is 0. The molecule has 0 aliphatic heterocycles. The van der Waals surface area contributed by atoms with E-state index in [0.717, 1.165) is 108 Å². The first-order valence-corrected chi connectivity index (χ1v) is 43.9. The van der Waals surface area contributed by atoms with E-state index < -0.39 is 97.5 Å². The second kappa shape index (κ2) is 69.4. The van der Waals surface area contributed by atoms with Crippen LogP contribution in [0.1, 0.15) is 408 Å². The van der Waals surface area contributed by atoms with Crippen LogP contribution in [-0.4, -0.2) is 96.7 Å². The number of hydrogen-bond donors (Lipinski definition) is 3. The van der Waals surface area contributed by atoms with E-state index in [9.17, 15) is 43.2 Å². The van der Waals surface area contributed by atoms with Crippen LogP contribution in [0.4, 0.5) is 0 Å². The second-order valence-electron chi connectivity index (χ2n) is 29.4. The maximum Gasteiger partial charge on any atom is 0.472 e. The van der Waals surface area contributed by atoms with Crippen molar-refractivity contribution in [1.29, 1.82) is 0 Å². The minimum absolute atomic E-state index is 0.105. The fourth-order valence-electron chi connectivity index (χ4n) is 12.1. The number of phosphoric acid groups is 2. The number of unbranched alkanes of at least 4 members (excludes halogenated alkanes) is 43. The average Bonchev–Trinajstić information content (AvgIpc) is 1.03. The molecule has 0 bridgehead atoms. The molecule has 4 unspecified atom stereocenters. The molecule has 0 heterocycles. The fraction of sp³-hybridized carbons (Fsp3) is 0.949. The molecular weight excluding hydrogens is 1280 g/mol. The van der Waals surface area contributed by atoms with Crippen LogP contribution in [0.2, 0.25) is 0 Å². The lowest BCUT2D eigenvalue weighted by Crippen LogP contribution is -2.30. The van der Waals surface area contributed by atoms with Crippen molar-refractivity contribution < 1.29 is 80.2 Å². The summed E-state index contributed by atoms with van der Waals surface area (Å²) in [5.41, 5.74) is 0. The summed E-state index contributed by atoms with van der Waals surface area (Å²) in [6.45, 7) is 12.0. The Kier molecular flexibility index (Phi) is 68.1. The van der Waals surface area contributed by atoms with Crippen LogP contribution in [0, 0.1) is 17.8 Å². The lowest BCUT2D eigenvalue weighted by Gasteiger charge is -2.21. The highest BCUT2D eigenvalue weighted by molar-refractivity contribution is 7.47. The van der Waals surface area contributed by atoms with E-state index in [2.05, 4.69) is 48.5 Å². The molecule has 7 atom stereocenters. The third-order valence-corrected chi connectivity index (χ3v) is 21.0. The van der Waals surface area contributed by atoms with Gasteiger partial charge in [0.05, 0.1) is 26.4 Å². The molecule has 0 rings (SSSR count). The standard InChI is InChI=1S/C79H154O17P2/c1-8-11-12-13-14-15-32-39-46-53-60-76(81)89-66-75(96-79(84)63-56-49-42-35-28-29-36-43-50-57-70(4)5)69-94-98(87,88)92-65-73(80)64-91-97(85,86)93-68-74(67-90-77(82)61-54-47-40-33-27-26-31-38-45-52-59-72(7)10-3)95-78(83)62-55-48-41-34-25-23-21-19-17-16-18-20-22-24-30-37-44-51-58-71(6)9-2/h70-75,80H,8-69H2,1-7H3,(H,85,86)(H,87,88)/t71?,72?,73-,74-,75-/m1/s1. The highest BCUT2D eigenvalue weighted by Gasteiger charge is 2.30. The smallest absolute Gasteiger partial charge is 0.462 e. The largest absolute Gasteiger partial charge is 0.472 e. The Morgan fingerprint density at radius 1 is 0.296 bits per heavy atom. The zero-order chi connectivity index (χ0) is 72.3. The predicted octanol–water partition coefficient (Wildman–Crippen LogP) is 23.4. The molecule has 3 N–H and O–H groups in total. The van der Waals surface area contributed by atoms with Crippen LogP contribution >= 0.6 is 15.6 Å². The Bertz CT molecular complexity index is 1910. The maximum absolute atomic E-state index is 13.1. The van der Waals surface area contributed by atoms with Gasteiger partial charge in [-0.05, 0) is 43.4 Å². The van der Waals surface area contributed by atoms with Crippen LogP contribution in [-0.2, 0) is 65.4 Å². The SMILES string of the molecule is CCCCCCCCCCCCC(=O)OC[C@H](COP(=O)(O)OC[C@H](O)COP(=O)(O)OC[C@@H](COC(=O)CCCCCCCCCCCCC(C)CC)OC(=O)CCCCCCCCCCCCCCCCCCCCC(C)CC)OC(=O)CCCCCCCCCCCC(C)C. The van der Waals surface area contributed by atoms with Gasteiger partial charge in [0, 0.05) is 25.7 Å². The van der Waals surface area contributed by atoms with Gasteiger partial charge in [-0.15, -0.1) is 0 Å². The number of phosphoric ester groups is 2. The highest BCUT2D eigenvalue weighted by Crippen LogP contribution is 2.45. The van der Waals surface area contributed by atoms with Gasteiger partial charge in [0.15, 0.2) is 12.2 Å². The Morgan fingerprint density at radius 3 is 0.776 bits per heavy atom. The van der Waals surface area contributed by atoms with Crippen molar-refractivity contribution in [2.45, 2.75) is 426 Å². The Balaban J connectivity index is 5.20. The Labute approximate surface area is 600 Å². The van der Waals surface area contributed by atoms with Crippen molar-refractivity contribution in [2.75, 3.05) is 39.6 Å². The highest BCUT2D eigenvalue weighted by atomic mass is 31.2. The molecule has 0 spiro atoms. The first kappa shape index (κ1) is 96.1. The van der Waals surface area contributed by atoms with Gasteiger partial charge in [-0.2, -0.15) is 0 Å². The molecule has 98 heavy (non-hydrogen) atoms. The summed E-state index contributed by atoms with van der Waals surface area (Å²) in [5, 5.41) is 10.6. The number of carbonyl (C=O) groups excluding carboxylic acids is 4. The summed E-state index contributed by atoms with van der Waals surface area (Å²) < 4.78 is 68.6. The summed E-state index contributed by atoms with van der Waals surface area (Å²) in [6, 6.07) is 0. The monoisotopic (exact) mass is 1440 g/mol. The number of esters is 4. The minimum atomic E-state index is -4.96. The average molecular weight is 1440 g/mol. The molecule has 0 aliphatic carbocycles. The van der Waals surface area contributed by atoms with Crippen LogP contribution in [0.3, 0.4) is 0 Å². The molecule has 0 aliphatic rings. The number of rotatable bonds is 77. The molecule has 0 amide bonds. The van der Waals surface area contributed by atoms with Gasteiger partial charge in [0.2, 0.25) is 0 Å². The first-order valence-electron chi connectivity index (χ1n) is 40.9. The second-order valence-corrected chi connectivity index (χ2v) is 32.3. The summed E-state index contributed by atoms with van der Waals surface area (Å²) in [5.74, 6) is 0.302. The first-order chi connectivity index (χ1) is 47.3. The molecule has 17 nitrogen and oxygen atoms in total. The summed E-state index contributed by atoms with van der Waals surface area (Å²) in [7, 11) is -9.91. The number of ether oxygens (including phenoxy) is 4. The lowest BCUT2D eigenvalue weighted by atomic mass is 9.99. The summed E-state index contributed by atoms with van der Waals surface area (Å²) in [4.78, 5) is 72.9. The lowest BCUT2D eigenvalue weighted by molar-refractivity contribution is -0.161. The van der Waals surface area contributed by atoms with E-state index in [1.54, 1.807) is 0 Å². The van der Waals surface area contributed by atoms with Gasteiger partial charge >= 0.3 is 39.5 Å². The predicted molar refractivity (Wildman–Crippen MR) is 400 cm³/mol. The molecular formula is C79H154O17P2. The zero-order valence-electron chi connectivity index (χ0n) is 64.3. The van der Waals surface area contributed by atoms with Crippen molar-refractivity contribution in [3.8, 4) is 0 Å². The van der Waals surface area contributed by atoms with Crippen LogP contribution in [0.25, 0.3) is 0 Å². The van der Waals surface area contributed by atoms with Crippen LogP contribution in [0.5, 0.6) is 0 Å². The molecule has 0 fully saturated rings. The quantitative estimate of drug-likeness (QED) is 0.0222. The van der Waals surface area contributed by atoms with Gasteiger partial charge in [-0.25, -0.2) is 9.13 Å². The third-order valence-electron chi connectivity index (χ3n) is 19.1. The van der Waals surface area contributed by atoms with Gasteiger partial charge in [0.1, 0.15) is 19.3 Å². The molecule has 0 aromatic rings. The molecule has 19 heteroatoms. The Morgan fingerprint density at radius 2 is 0.520 bits per heavy atom. The van der Waals surface area contributed by atoms with E-state index in [1.807, 2.05) is 0 Å². The zero-order valence-corrected chi connectivity index (χ0v) is 66.0. The van der Waals surface area contributed by atoms with E-state index >= 15 is 0 Å². The molecule has 582 valence electrons. The van der Waals surface area contributed by atoms with Gasteiger partial charge in [-0.1, -0.05) is 357 Å². The molecule has 0 radical (unpaired) electrons. The van der Waals surface area contributed by atoms with E-state index in [0.29, 0.717) is 25.7 Å². The summed E-state index contributed by atoms with van der Waals surface area (Å²) in [6.07, 6.45) is 56.8. The van der Waals surface area contributed by atoms with E-state index in [4.69, 9.17) is 37.0 Å². The van der Waals surface area contributed by atoms with E-state index in [-0.39, 0.29) is 25.7 Å². The topological polar surface area (TPSA) is 237 Å². The van der Waals surface area contributed by atoms with E-state index in [1.165, 1.54) is 218 Å². The molecule has 0 aromatic carbocycles. The van der Waals surface area contributed by atoms with Crippen molar-refractivity contribution >= 4 is 39.5 Å². The van der Waals surface area contributed by atoms with Crippen LogP contribution in [0.15, 0.2) is 0 Å². The van der Waals surface area contributed by atoms with Crippen molar-refractivity contribution in [1.82, 2.24) is 0 Å². The van der Waals surface area contributed by atoms with Crippen molar-refractivity contribution in [3.63, 3.8) is 0 Å². The minimum Gasteiger partial charge on any atom is -0.462 e. The molecule has 0 aromatic heterocycles. The normalized spacial score (nSPS) is 14.6. The number of carbonyl (C=O) groups is 4. The maximum atomic E-state index is 13.1. The third kappa shape index (κ3) is 69.8.